The van der Waals surface area contributed by atoms with Crippen molar-refractivity contribution in [2.75, 3.05) is 18.5 Å². The number of hydrogen-bond donors (Lipinski definition) is 1. The molecule has 0 bridgehead atoms. The highest BCUT2D eigenvalue weighted by molar-refractivity contribution is 5.98. The molecule has 1 fully saturated rings. The second kappa shape index (κ2) is 7.47. The van der Waals surface area contributed by atoms with Crippen LogP contribution in [0.4, 0.5) is 5.69 Å². The van der Waals surface area contributed by atoms with Crippen LogP contribution in [-0.4, -0.2) is 24.7 Å². The van der Waals surface area contributed by atoms with Crippen molar-refractivity contribution < 1.29 is 14.3 Å². The van der Waals surface area contributed by atoms with Gasteiger partial charge in [0.05, 0.1) is 17.9 Å². The summed E-state index contributed by atoms with van der Waals surface area (Å²) in [6.07, 6.45) is 2.87. The van der Waals surface area contributed by atoms with Gasteiger partial charge in [0.15, 0.2) is 0 Å². The molecule has 0 unspecified atom stereocenters. The minimum absolute atomic E-state index is 0.186. The molecule has 1 aliphatic carbocycles. The molecular formula is C18H24N2O3. The lowest BCUT2D eigenvalue weighted by molar-refractivity contribution is -0.142. The van der Waals surface area contributed by atoms with Crippen LogP contribution in [0.3, 0.4) is 0 Å². The Hall–Kier alpha value is -2.06. The Labute approximate surface area is 137 Å². The summed E-state index contributed by atoms with van der Waals surface area (Å²) in [5.74, 6) is 0.686. The number of carbonyl (C=O) groups is 1. The lowest BCUT2D eigenvalue weighted by atomic mass is 9.98. The molecule has 124 valence electrons. The van der Waals surface area contributed by atoms with Gasteiger partial charge in [-0.1, -0.05) is 6.92 Å². The maximum Gasteiger partial charge on any atom is 0.256 e. The molecule has 2 rings (SSSR count). The Kier molecular flexibility index (Phi) is 5.62. The Balaban J connectivity index is 2.16. The molecule has 0 radical (unpaired) electrons. The van der Waals surface area contributed by atoms with Gasteiger partial charge in [-0.2, -0.15) is 5.26 Å². The average Bonchev–Trinajstić information content (AvgIpc) is 3.39. The third-order valence-corrected chi connectivity index (χ3v) is 4.08. The van der Waals surface area contributed by atoms with E-state index in [1.54, 1.807) is 18.2 Å². The number of hydrogen-bond acceptors (Lipinski definition) is 4. The molecule has 0 heterocycles. The van der Waals surface area contributed by atoms with Crippen LogP contribution in [0, 0.1) is 17.2 Å². The first-order valence-electron chi connectivity index (χ1n) is 8.17. The van der Waals surface area contributed by atoms with Gasteiger partial charge in [-0.25, -0.2) is 0 Å². The van der Waals surface area contributed by atoms with E-state index in [9.17, 15) is 10.1 Å². The largest absolute Gasteiger partial charge is 0.494 e. The minimum atomic E-state index is -0.832. The molecule has 1 amide bonds. The van der Waals surface area contributed by atoms with Crippen molar-refractivity contribution in [1.82, 2.24) is 0 Å². The SMILES string of the molecule is CCCO[C@@](C)(C(=O)Nc1ccc(OCC)cc1C#N)C1CC1. The Morgan fingerprint density at radius 1 is 1.43 bits per heavy atom. The highest BCUT2D eigenvalue weighted by Crippen LogP contribution is 2.42. The second-order valence-electron chi connectivity index (χ2n) is 5.94. The number of rotatable bonds is 8. The number of ether oxygens (including phenoxy) is 2. The molecule has 0 saturated heterocycles. The first-order chi connectivity index (χ1) is 11.0. The maximum atomic E-state index is 12.7. The molecule has 5 nitrogen and oxygen atoms in total. The van der Waals surface area contributed by atoms with E-state index in [0.29, 0.717) is 30.2 Å². The predicted molar refractivity (Wildman–Crippen MR) is 88.3 cm³/mol. The second-order valence-corrected chi connectivity index (χ2v) is 5.94. The first-order valence-corrected chi connectivity index (χ1v) is 8.17. The van der Waals surface area contributed by atoms with Crippen LogP contribution in [0.5, 0.6) is 5.75 Å². The normalized spacial score (nSPS) is 16.3. The van der Waals surface area contributed by atoms with Crippen LogP contribution in [0.25, 0.3) is 0 Å². The molecular weight excluding hydrogens is 292 g/mol. The summed E-state index contributed by atoms with van der Waals surface area (Å²) >= 11 is 0. The molecule has 1 saturated carbocycles. The van der Waals surface area contributed by atoms with Gasteiger partial charge in [0.25, 0.3) is 5.91 Å². The zero-order valence-corrected chi connectivity index (χ0v) is 14.0. The maximum absolute atomic E-state index is 12.7. The van der Waals surface area contributed by atoms with Crippen molar-refractivity contribution in [1.29, 1.82) is 5.26 Å². The van der Waals surface area contributed by atoms with Crippen molar-refractivity contribution in [3.05, 3.63) is 23.8 Å². The van der Waals surface area contributed by atoms with Crippen molar-refractivity contribution in [3.8, 4) is 11.8 Å². The van der Waals surface area contributed by atoms with Crippen LogP contribution in [-0.2, 0) is 9.53 Å². The fourth-order valence-corrected chi connectivity index (χ4v) is 2.54. The van der Waals surface area contributed by atoms with Gasteiger partial charge in [-0.15, -0.1) is 0 Å². The molecule has 1 N–H and O–H groups in total. The van der Waals surface area contributed by atoms with Gasteiger partial charge in [-0.3, -0.25) is 4.79 Å². The van der Waals surface area contributed by atoms with Gasteiger partial charge >= 0.3 is 0 Å². The van der Waals surface area contributed by atoms with Gasteiger partial charge in [0.2, 0.25) is 0 Å². The Bertz CT molecular complexity index is 605. The number of benzene rings is 1. The van der Waals surface area contributed by atoms with E-state index in [1.807, 2.05) is 20.8 Å². The van der Waals surface area contributed by atoms with E-state index in [-0.39, 0.29) is 11.8 Å². The monoisotopic (exact) mass is 316 g/mol. The van der Waals surface area contributed by atoms with E-state index >= 15 is 0 Å². The standard InChI is InChI=1S/C18H24N2O3/c1-4-10-23-18(3,14-6-7-14)17(21)20-16-9-8-15(22-5-2)11-13(16)12-19/h8-9,11,14H,4-7,10H2,1-3H3,(H,20,21)/t18-/m1/s1. The van der Waals surface area contributed by atoms with Crippen LogP contribution < -0.4 is 10.1 Å². The van der Waals surface area contributed by atoms with Gasteiger partial charge in [0, 0.05) is 6.61 Å². The molecule has 0 spiro atoms. The molecule has 5 heteroatoms. The van der Waals surface area contributed by atoms with E-state index in [1.165, 1.54) is 0 Å². The molecule has 1 aliphatic rings. The number of anilines is 1. The summed E-state index contributed by atoms with van der Waals surface area (Å²) in [6.45, 7) is 6.83. The highest BCUT2D eigenvalue weighted by atomic mass is 16.5. The third-order valence-electron chi connectivity index (χ3n) is 4.08. The Morgan fingerprint density at radius 2 is 2.17 bits per heavy atom. The van der Waals surface area contributed by atoms with E-state index in [4.69, 9.17) is 9.47 Å². The number of nitrogens with one attached hydrogen (secondary N) is 1. The van der Waals surface area contributed by atoms with Crippen LogP contribution >= 0.6 is 0 Å². The van der Waals surface area contributed by atoms with Crippen molar-refractivity contribution in [2.24, 2.45) is 5.92 Å². The fraction of sp³-hybridized carbons (Fsp3) is 0.556. The number of carbonyl (C=O) groups excluding carboxylic acids is 1. The molecule has 23 heavy (non-hydrogen) atoms. The van der Waals surface area contributed by atoms with Crippen molar-refractivity contribution in [3.63, 3.8) is 0 Å². The van der Waals surface area contributed by atoms with Crippen molar-refractivity contribution >= 4 is 11.6 Å². The van der Waals surface area contributed by atoms with Gasteiger partial charge in [-0.05, 0) is 57.2 Å². The summed E-state index contributed by atoms with van der Waals surface area (Å²) in [5.41, 5.74) is 0.0484. The van der Waals surface area contributed by atoms with Crippen LogP contribution in [0.1, 0.15) is 45.6 Å². The van der Waals surface area contributed by atoms with E-state index in [0.717, 1.165) is 19.3 Å². The van der Waals surface area contributed by atoms with Crippen LogP contribution in [0.2, 0.25) is 0 Å². The van der Waals surface area contributed by atoms with Crippen molar-refractivity contribution in [2.45, 2.75) is 45.6 Å². The first kappa shape index (κ1) is 17.3. The van der Waals surface area contributed by atoms with Gasteiger partial charge < -0.3 is 14.8 Å². The number of nitriles is 1. The smallest absolute Gasteiger partial charge is 0.256 e. The summed E-state index contributed by atoms with van der Waals surface area (Å²) < 4.78 is 11.2. The molecule has 1 aromatic carbocycles. The number of amides is 1. The highest BCUT2D eigenvalue weighted by Gasteiger charge is 2.48. The third kappa shape index (κ3) is 4.02. The topological polar surface area (TPSA) is 71.3 Å². The van der Waals surface area contributed by atoms with E-state index < -0.39 is 5.60 Å². The summed E-state index contributed by atoms with van der Waals surface area (Å²) in [5, 5.41) is 12.2. The quantitative estimate of drug-likeness (QED) is 0.797. The lowest BCUT2D eigenvalue weighted by Gasteiger charge is -2.29. The zero-order chi connectivity index (χ0) is 16.9. The summed E-state index contributed by atoms with van der Waals surface area (Å²) in [6, 6.07) is 7.20. The number of nitrogens with zero attached hydrogens (tertiary/aromatic N) is 1. The van der Waals surface area contributed by atoms with E-state index in [2.05, 4.69) is 11.4 Å². The molecule has 0 aromatic heterocycles. The average molecular weight is 316 g/mol. The Morgan fingerprint density at radius 3 is 2.74 bits per heavy atom. The van der Waals surface area contributed by atoms with Gasteiger partial charge in [0.1, 0.15) is 17.4 Å². The minimum Gasteiger partial charge on any atom is -0.494 e. The van der Waals surface area contributed by atoms with Crippen LogP contribution in [0.15, 0.2) is 18.2 Å². The molecule has 1 atom stereocenters. The summed E-state index contributed by atoms with van der Waals surface area (Å²) in [4.78, 5) is 12.7. The molecule has 1 aromatic rings. The fourth-order valence-electron chi connectivity index (χ4n) is 2.54. The summed E-state index contributed by atoms with van der Waals surface area (Å²) in [7, 11) is 0. The zero-order valence-electron chi connectivity index (χ0n) is 14.0. The lowest BCUT2D eigenvalue weighted by Crippen LogP contribution is -2.45. The molecule has 0 aliphatic heterocycles. The predicted octanol–water partition coefficient (Wildman–Crippen LogP) is 3.49.